The molecule has 19 heavy (non-hydrogen) atoms. The second kappa shape index (κ2) is 7.28. The normalized spacial score (nSPS) is 11.6. The molecular weight excluding hydrogens is 248 g/mol. The number of nitrogens with zero attached hydrogens (tertiary/aromatic N) is 3. The molecule has 0 bridgehead atoms. The maximum absolute atomic E-state index is 10.6. The molecule has 1 rings (SSSR count). The number of pyridine rings is 1. The van der Waals surface area contributed by atoms with Crippen LogP contribution in [0.1, 0.15) is 25.5 Å². The molecule has 0 fully saturated rings. The first-order valence-corrected chi connectivity index (χ1v) is 5.98. The molecule has 0 saturated heterocycles. The summed E-state index contributed by atoms with van der Waals surface area (Å²) in [5.74, 6) is 0.695. The third kappa shape index (κ3) is 4.52. The number of anilines is 1. The molecule has 1 aromatic rings. The first kappa shape index (κ1) is 14.9. The van der Waals surface area contributed by atoms with Gasteiger partial charge in [0.2, 0.25) is 5.69 Å². The van der Waals surface area contributed by atoms with Gasteiger partial charge in [-0.25, -0.2) is 4.98 Å². The Morgan fingerprint density at radius 3 is 2.95 bits per heavy atom. The van der Waals surface area contributed by atoms with Gasteiger partial charge in [-0.05, 0) is 24.8 Å². The minimum atomic E-state index is -0.627. The summed E-state index contributed by atoms with van der Waals surface area (Å²) in [4.78, 5) is 13.9. The van der Waals surface area contributed by atoms with E-state index in [4.69, 9.17) is 10.4 Å². The van der Waals surface area contributed by atoms with Crippen molar-refractivity contribution in [2.24, 2.45) is 5.92 Å². The second-order valence-electron chi connectivity index (χ2n) is 4.29. The summed E-state index contributed by atoms with van der Waals surface area (Å²) in [6.07, 6.45) is 1.73. The van der Waals surface area contributed by atoms with Gasteiger partial charge in [-0.1, -0.05) is 6.92 Å². The molecule has 0 radical (unpaired) electrons. The molecule has 7 heteroatoms. The van der Waals surface area contributed by atoms with Gasteiger partial charge in [0.15, 0.2) is 0 Å². The van der Waals surface area contributed by atoms with E-state index in [-0.39, 0.29) is 23.9 Å². The molecule has 0 saturated carbocycles. The van der Waals surface area contributed by atoms with E-state index in [1.807, 2.05) is 6.92 Å². The molecule has 0 aliphatic rings. The number of rotatable bonds is 7. The van der Waals surface area contributed by atoms with Crippen LogP contribution < -0.4 is 5.32 Å². The van der Waals surface area contributed by atoms with Crippen molar-refractivity contribution in [2.75, 3.05) is 18.5 Å². The third-order valence-corrected chi connectivity index (χ3v) is 2.67. The van der Waals surface area contributed by atoms with Crippen molar-refractivity contribution in [3.8, 4) is 6.07 Å². The minimum absolute atomic E-state index is 0.161. The summed E-state index contributed by atoms with van der Waals surface area (Å²) in [6, 6.07) is 4.46. The van der Waals surface area contributed by atoms with E-state index in [0.717, 1.165) is 12.8 Å². The topological polar surface area (TPSA) is 112 Å². The highest BCUT2D eigenvalue weighted by Crippen LogP contribution is 2.18. The summed E-state index contributed by atoms with van der Waals surface area (Å²) in [6.45, 7) is 2.76. The fourth-order valence-corrected chi connectivity index (χ4v) is 1.54. The molecule has 1 aromatic heterocycles. The number of nitrogens with one attached hydrogen (secondary N) is 1. The standard InChI is InChI=1S/C12H16N4O3/c1-9(8-17)3-2-6-14-12-5-4-11(16(18)19)10(7-13)15-12/h4-5,9,17H,2-3,6,8H2,1H3,(H,14,15). The molecule has 7 nitrogen and oxygen atoms in total. The van der Waals surface area contributed by atoms with Crippen LogP contribution in [0.5, 0.6) is 0 Å². The smallest absolute Gasteiger partial charge is 0.305 e. The molecule has 102 valence electrons. The highest BCUT2D eigenvalue weighted by atomic mass is 16.6. The quantitative estimate of drug-likeness (QED) is 0.440. The Balaban J connectivity index is 2.56. The van der Waals surface area contributed by atoms with Gasteiger partial charge >= 0.3 is 5.69 Å². The lowest BCUT2D eigenvalue weighted by Crippen LogP contribution is -2.08. The fraction of sp³-hybridized carbons (Fsp3) is 0.500. The predicted molar refractivity (Wildman–Crippen MR) is 69.6 cm³/mol. The zero-order valence-corrected chi connectivity index (χ0v) is 10.7. The van der Waals surface area contributed by atoms with Crippen LogP contribution >= 0.6 is 0 Å². The van der Waals surface area contributed by atoms with E-state index in [1.165, 1.54) is 12.1 Å². The summed E-state index contributed by atoms with van der Waals surface area (Å²) in [5.41, 5.74) is -0.485. The second-order valence-corrected chi connectivity index (χ2v) is 4.29. The Hall–Kier alpha value is -2.20. The summed E-state index contributed by atoms with van der Waals surface area (Å²) < 4.78 is 0. The number of hydrogen-bond donors (Lipinski definition) is 2. The molecule has 0 amide bonds. The summed E-state index contributed by atoms with van der Waals surface area (Å²) >= 11 is 0. The predicted octanol–water partition coefficient (Wildman–Crippen LogP) is 1.68. The number of aliphatic hydroxyl groups excluding tert-OH is 1. The largest absolute Gasteiger partial charge is 0.396 e. The van der Waals surface area contributed by atoms with Crippen molar-refractivity contribution >= 4 is 11.5 Å². The van der Waals surface area contributed by atoms with E-state index in [2.05, 4.69) is 10.3 Å². The monoisotopic (exact) mass is 264 g/mol. The SMILES string of the molecule is CC(CO)CCCNc1ccc([N+](=O)[O-])c(C#N)n1. The van der Waals surface area contributed by atoms with Gasteiger partial charge in [0, 0.05) is 19.2 Å². The van der Waals surface area contributed by atoms with Gasteiger partial charge < -0.3 is 10.4 Å². The van der Waals surface area contributed by atoms with E-state index in [0.29, 0.717) is 12.4 Å². The Kier molecular flexibility index (Phi) is 5.70. The lowest BCUT2D eigenvalue weighted by Gasteiger charge is -2.08. The van der Waals surface area contributed by atoms with Crippen molar-refractivity contribution in [1.82, 2.24) is 4.98 Å². The zero-order valence-electron chi connectivity index (χ0n) is 10.7. The lowest BCUT2D eigenvalue weighted by molar-refractivity contribution is -0.385. The molecule has 0 aromatic carbocycles. The van der Waals surface area contributed by atoms with E-state index in [1.54, 1.807) is 6.07 Å². The molecule has 1 atom stereocenters. The third-order valence-electron chi connectivity index (χ3n) is 2.67. The number of aliphatic hydroxyl groups is 1. The zero-order chi connectivity index (χ0) is 14.3. The van der Waals surface area contributed by atoms with Crippen molar-refractivity contribution in [1.29, 1.82) is 5.26 Å². The fourth-order valence-electron chi connectivity index (χ4n) is 1.54. The summed E-state index contributed by atoms with van der Waals surface area (Å²) in [5, 5.41) is 31.3. The molecule has 0 aliphatic heterocycles. The Morgan fingerprint density at radius 1 is 1.63 bits per heavy atom. The summed E-state index contributed by atoms with van der Waals surface area (Å²) in [7, 11) is 0. The molecule has 2 N–H and O–H groups in total. The van der Waals surface area contributed by atoms with Crippen LogP contribution in [0, 0.1) is 27.4 Å². The molecule has 1 heterocycles. The van der Waals surface area contributed by atoms with Crippen molar-refractivity contribution in [3.05, 3.63) is 27.9 Å². The van der Waals surface area contributed by atoms with Crippen molar-refractivity contribution in [2.45, 2.75) is 19.8 Å². The average molecular weight is 264 g/mol. The van der Waals surface area contributed by atoms with Crippen LogP contribution in [0.3, 0.4) is 0 Å². The Bertz CT molecular complexity index is 484. The average Bonchev–Trinajstić information content (AvgIpc) is 2.42. The van der Waals surface area contributed by atoms with Crippen LogP contribution in [0.2, 0.25) is 0 Å². The van der Waals surface area contributed by atoms with E-state index < -0.39 is 4.92 Å². The molecule has 1 unspecified atom stereocenters. The Morgan fingerprint density at radius 2 is 2.37 bits per heavy atom. The van der Waals surface area contributed by atoms with Gasteiger partial charge in [0.05, 0.1) is 4.92 Å². The number of nitriles is 1. The Labute approximate surface area is 111 Å². The molecule has 0 spiro atoms. The highest BCUT2D eigenvalue weighted by Gasteiger charge is 2.15. The van der Waals surface area contributed by atoms with Gasteiger partial charge in [-0.3, -0.25) is 10.1 Å². The molecule has 0 aliphatic carbocycles. The van der Waals surface area contributed by atoms with Crippen LogP contribution in [0.15, 0.2) is 12.1 Å². The van der Waals surface area contributed by atoms with Crippen LogP contribution in [-0.4, -0.2) is 28.2 Å². The van der Waals surface area contributed by atoms with Gasteiger partial charge in [0.1, 0.15) is 11.9 Å². The van der Waals surface area contributed by atoms with Gasteiger partial charge in [-0.15, -0.1) is 0 Å². The number of nitro groups is 1. The van der Waals surface area contributed by atoms with Crippen molar-refractivity contribution < 1.29 is 10.0 Å². The maximum atomic E-state index is 10.6. The first-order chi connectivity index (χ1) is 9.08. The van der Waals surface area contributed by atoms with Crippen LogP contribution in [0.25, 0.3) is 0 Å². The molecular formula is C12H16N4O3. The minimum Gasteiger partial charge on any atom is -0.396 e. The van der Waals surface area contributed by atoms with E-state index >= 15 is 0 Å². The van der Waals surface area contributed by atoms with E-state index in [9.17, 15) is 10.1 Å². The van der Waals surface area contributed by atoms with Crippen molar-refractivity contribution in [3.63, 3.8) is 0 Å². The first-order valence-electron chi connectivity index (χ1n) is 5.98. The van der Waals surface area contributed by atoms with Crippen LogP contribution in [0.4, 0.5) is 11.5 Å². The number of aromatic nitrogens is 1. The van der Waals surface area contributed by atoms with Gasteiger partial charge in [-0.2, -0.15) is 5.26 Å². The lowest BCUT2D eigenvalue weighted by atomic mass is 10.1. The maximum Gasteiger partial charge on any atom is 0.305 e. The highest BCUT2D eigenvalue weighted by molar-refractivity contribution is 5.50. The van der Waals surface area contributed by atoms with Gasteiger partial charge in [0.25, 0.3) is 0 Å². The number of hydrogen-bond acceptors (Lipinski definition) is 6. The van der Waals surface area contributed by atoms with Crippen LogP contribution in [-0.2, 0) is 0 Å².